The summed E-state index contributed by atoms with van der Waals surface area (Å²) in [6.45, 7) is 5.87. The molecule has 0 aliphatic carbocycles. The topological polar surface area (TPSA) is 68.5 Å². The van der Waals surface area contributed by atoms with Gasteiger partial charge in [-0.05, 0) is 38.0 Å². The summed E-state index contributed by atoms with van der Waals surface area (Å²) in [7, 11) is 0. The van der Waals surface area contributed by atoms with Gasteiger partial charge in [-0.25, -0.2) is 4.68 Å². The van der Waals surface area contributed by atoms with Crippen LogP contribution in [0.1, 0.15) is 19.4 Å². The smallest absolute Gasteiger partial charge is 0.209 e. The van der Waals surface area contributed by atoms with E-state index in [1.54, 1.807) is 18.0 Å². The summed E-state index contributed by atoms with van der Waals surface area (Å²) in [6, 6.07) is 2.52. The summed E-state index contributed by atoms with van der Waals surface area (Å²) in [5, 5.41) is 16.0. The highest BCUT2D eigenvalue weighted by molar-refractivity contribution is 9.10. The summed E-state index contributed by atoms with van der Waals surface area (Å²) in [5.74, 6) is 0.796. The van der Waals surface area contributed by atoms with E-state index in [0.29, 0.717) is 6.04 Å². The van der Waals surface area contributed by atoms with Gasteiger partial charge in [-0.1, -0.05) is 25.6 Å². The molecule has 0 aromatic carbocycles. The number of hydrogen-bond donors (Lipinski definition) is 1. The summed E-state index contributed by atoms with van der Waals surface area (Å²) in [6.07, 6.45) is 3.63. The van der Waals surface area contributed by atoms with Crippen molar-refractivity contribution in [2.75, 3.05) is 6.54 Å². The van der Waals surface area contributed by atoms with Crippen molar-refractivity contribution < 1.29 is 0 Å². The van der Waals surface area contributed by atoms with E-state index in [9.17, 15) is 0 Å². The van der Waals surface area contributed by atoms with Crippen LogP contribution in [0, 0.1) is 0 Å². The predicted octanol–water partition coefficient (Wildman–Crippen LogP) is 2.12. The number of nitrogens with one attached hydrogen (secondary N) is 1. The van der Waals surface area contributed by atoms with Crippen molar-refractivity contribution in [1.29, 1.82) is 0 Å². The first-order chi connectivity index (χ1) is 9.65. The van der Waals surface area contributed by atoms with Crippen LogP contribution in [0.3, 0.4) is 0 Å². The fourth-order valence-corrected chi connectivity index (χ4v) is 2.82. The Morgan fingerprint density at radius 1 is 1.40 bits per heavy atom. The maximum Gasteiger partial charge on any atom is 0.209 e. The predicted molar refractivity (Wildman–Crippen MR) is 82.5 cm³/mol. The molecule has 8 heteroatoms. The molecule has 0 amide bonds. The van der Waals surface area contributed by atoms with Gasteiger partial charge < -0.3 is 5.32 Å². The molecule has 2 aromatic rings. The van der Waals surface area contributed by atoms with Crippen LogP contribution in [0.2, 0.25) is 0 Å². The molecule has 2 aromatic heterocycles. The Morgan fingerprint density at radius 2 is 2.25 bits per heavy atom. The number of aromatic nitrogens is 5. The van der Waals surface area contributed by atoms with Crippen LogP contribution >= 0.6 is 27.7 Å². The van der Waals surface area contributed by atoms with Crippen molar-refractivity contribution in [2.45, 2.75) is 37.3 Å². The zero-order valence-electron chi connectivity index (χ0n) is 11.5. The Balaban J connectivity index is 1.88. The molecule has 6 nitrogen and oxygen atoms in total. The van der Waals surface area contributed by atoms with Gasteiger partial charge in [-0.15, -0.1) is 5.10 Å². The van der Waals surface area contributed by atoms with E-state index in [2.05, 4.69) is 61.7 Å². The highest BCUT2D eigenvalue weighted by atomic mass is 79.9. The number of hydrogen-bond acceptors (Lipinski definition) is 6. The standard InChI is InChI=1S/C12H17BrN6S/c1-9(2)15-3-4-19-12(16-17-18-19)20-8-10-5-11(13)7-14-6-10/h5-7,9,15H,3-4,8H2,1-2H3. The van der Waals surface area contributed by atoms with Crippen molar-refractivity contribution >= 4 is 27.7 Å². The molecule has 0 saturated carbocycles. The zero-order valence-corrected chi connectivity index (χ0v) is 13.9. The Hall–Kier alpha value is -0.990. The average molecular weight is 357 g/mol. The van der Waals surface area contributed by atoms with Gasteiger partial charge in [-0.3, -0.25) is 4.98 Å². The fraction of sp³-hybridized carbons (Fsp3) is 0.500. The van der Waals surface area contributed by atoms with Crippen molar-refractivity contribution in [3.8, 4) is 0 Å². The van der Waals surface area contributed by atoms with E-state index in [0.717, 1.165) is 34.0 Å². The van der Waals surface area contributed by atoms with Crippen LogP contribution < -0.4 is 5.32 Å². The van der Waals surface area contributed by atoms with Gasteiger partial charge in [0.2, 0.25) is 5.16 Å². The molecule has 2 rings (SSSR count). The van der Waals surface area contributed by atoms with Crippen molar-refractivity contribution in [1.82, 2.24) is 30.5 Å². The highest BCUT2D eigenvalue weighted by Gasteiger charge is 2.07. The van der Waals surface area contributed by atoms with Gasteiger partial charge in [0.15, 0.2) is 0 Å². The third kappa shape index (κ3) is 4.84. The average Bonchev–Trinajstić information content (AvgIpc) is 2.84. The minimum absolute atomic E-state index is 0.468. The molecule has 0 radical (unpaired) electrons. The largest absolute Gasteiger partial charge is 0.313 e. The monoisotopic (exact) mass is 356 g/mol. The fourth-order valence-electron chi connectivity index (χ4n) is 1.58. The minimum atomic E-state index is 0.468. The van der Waals surface area contributed by atoms with E-state index in [-0.39, 0.29) is 0 Å². The third-order valence-electron chi connectivity index (χ3n) is 2.50. The Morgan fingerprint density at radius 3 is 3.00 bits per heavy atom. The second-order valence-corrected chi connectivity index (χ2v) is 6.45. The molecule has 108 valence electrons. The molecule has 0 spiro atoms. The Kier molecular flexibility index (Phi) is 5.93. The van der Waals surface area contributed by atoms with E-state index in [4.69, 9.17) is 0 Å². The number of tetrazole rings is 1. The maximum absolute atomic E-state index is 4.15. The van der Waals surface area contributed by atoms with Gasteiger partial charge in [-0.2, -0.15) is 0 Å². The number of pyridine rings is 1. The Labute approximate surface area is 130 Å². The van der Waals surface area contributed by atoms with Crippen LogP contribution in [-0.2, 0) is 12.3 Å². The number of thioether (sulfide) groups is 1. The molecule has 0 fully saturated rings. The molecule has 0 unspecified atom stereocenters. The third-order valence-corrected chi connectivity index (χ3v) is 3.97. The lowest BCUT2D eigenvalue weighted by Crippen LogP contribution is -2.27. The van der Waals surface area contributed by atoms with Gasteiger partial charge in [0.05, 0.1) is 6.54 Å². The second kappa shape index (κ2) is 7.70. The molecule has 0 saturated heterocycles. The summed E-state index contributed by atoms with van der Waals surface area (Å²) >= 11 is 5.03. The summed E-state index contributed by atoms with van der Waals surface area (Å²) in [4.78, 5) is 4.15. The molecule has 0 atom stereocenters. The minimum Gasteiger partial charge on any atom is -0.313 e. The lowest BCUT2D eigenvalue weighted by atomic mass is 10.3. The molecule has 0 aliphatic heterocycles. The van der Waals surface area contributed by atoms with Gasteiger partial charge in [0.25, 0.3) is 0 Å². The molecular formula is C12H17BrN6S. The quantitative estimate of drug-likeness (QED) is 0.766. The first-order valence-corrected chi connectivity index (χ1v) is 8.15. The molecule has 2 heterocycles. The van der Waals surface area contributed by atoms with Crippen molar-refractivity contribution in [3.05, 3.63) is 28.5 Å². The maximum atomic E-state index is 4.15. The van der Waals surface area contributed by atoms with Gasteiger partial charge in [0.1, 0.15) is 0 Å². The van der Waals surface area contributed by atoms with Crippen LogP contribution in [0.25, 0.3) is 0 Å². The number of nitrogens with zero attached hydrogens (tertiary/aromatic N) is 5. The van der Waals surface area contributed by atoms with Crippen LogP contribution in [-0.4, -0.2) is 37.8 Å². The van der Waals surface area contributed by atoms with E-state index in [1.807, 2.05) is 10.9 Å². The summed E-state index contributed by atoms with van der Waals surface area (Å²) < 4.78 is 2.81. The van der Waals surface area contributed by atoms with Gasteiger partial charge in [0, 0.05) is 35.2 Å². The SMILES string of the molecule is CC(C)NCCn1nnnc1SCc1cncc(Br)c1. The second-order valence-electron chi connectivity index (χ2n) is 4.59. The molecule has 20 heavy (non-hydrogen) atoms. The van der Waals surface area contributed by atoms with E-state index < -0.39 is 0 Å². The number of rotatable bonds is 7. The molecule has 1 N–H and O–H groups in total. The van der Waals surface area contributed by atoms with Crippen LogP contribution in [0.5, 0.6) is 0 Å². The molecule has 0 bridgehead atoms. The lowest BCUT2D eigenvalue weighted by molar-refractivity contribution is 0.485. The van der Waals surface area contributed by atoms with Crippen molar-refractivity contribution in [2.24, 2.45) is 0 Å². The highest BCUT2D eigenvalue weighted by Crippen LogP contribution is 2.21. The first-order valence-electron chi connectivity index (χ1n) is 6.37. The lowest BCUT2D eigenvalue weighted by Gasteiger charge is -2.08. The van der Waals surface area contributed by atoms with Crippen molar-refractivity contribution in [3.63, 3.8) is 0 Å². The van der Waals surface area contributed by atoms with E-state index in [1.165, 1.54) is 0 Å². The summed E-state index contributed by atoms with van der Waals surface area (Å²) in [5.41, 5.74) is 1.14. The van der Waals surface area contributed by atoms with Crippen LogP contribution in [0.15, 0.2) is 28.1 Å². The molecule has 0 aliphatic rings. The van der Waals surface area contributed by atoms with E-state index >= 15 is 0 Å². The molecular weight excluding hydrogens is 340 g/mol. The number of halogens is 1. The van der Waals surface area contributed by atoms with Crippen LogP contribution in [0.4, 0.5) is 0 Å². The normalized spacial score (nSPS) is 11.2. The van der Waals surface area contributed by atoms with Gasteiger partial charge >= 0.3 is 0 Å². The zero-order chi connectivity index (χ0) is 14.4. The Bertz CT molecular complexity index is 544. The first kappa shape index (κ1) is 15.4.